The molecule has 0 amide bonds. The number of aliphatic carboxylic acids is 1. The van der Waals surface area contributed by atoms with Crippen LogP contribution in [0.25, 0.3) is 0 Å². The Morgan fingerprint density at radius 1 is 1.71 bits per heavy atom. The Labute approximate surface area is 81.9 Å². The molecule has 1 rings (SSSR count). The number of nitrogens with one attached hydrogen (secondary N) is 1. The quantitative estimate of drug-likeness (QED) is 0.657. The molecule has 0 fully saturated rings. The molecule has 2 N–H and O–H groups in total. The number of rotatable bonds is 6. The zero-order valence-corrected chi connectivity index (χ0v) is 8.05. The number of carboxylic acid groups (broad SMARTS) is 1. The van der Waals surface area contributed by atoms with Crippen molar-refractivity contribution in [1.29, 1.82) is 0 Å². The summed E-state index contributed by atoms with van der Waals surface area (Å²) in [6.45, 7) is 3.04. The van der Waals surface area contributed by atoms with Gasteiger partial charge in [0.25, 0.3) is 0 Å². The molecule has 14 heavy (non-hydrogen) atoms. The molecule has 0 aromatic carbocycles. The Morgan fingerprint density at radius 3 is 3.00 bits per heavy atom. The summed E-state index contributed by atoms with van der Waals surface area (Å²) in [5.41, 5.74) is 0. The summed E-state index contributed by atoms with van der Waals surface area (Å²) in [4.78, 5) is 10.6. The summed E-state index contributed by atoms with van der Waals surface area (Å²) >= 11 is 0. The number of nitrogens with zero attached hydrogens (tertiary/aromatic N) is 3. The summed E-state index contributed by atoms with van der Waals surface area (Å²) in [6, 6.07) is -0.474. The van der Waals surface area contributed by atoms with E-state index in [1.165, 1.54) is 0 Å². The second kappa shape index (κ2) is 5.33. The zero-order valence-electron chi connectivity index (χ0n) is 8.05. The molecule has 1 unspecified atom stereocenters. The number of hydrogen-bond acceptors (Lipinski definition) is 4. The van der Waals surface area contributed by atoms with Gasteiger partial charge in [-0.3, -0.25) is 9.48 Å². The predicted octanol–water partition coefficient (Wildman–Crippen LogP) is -0.269. The minimum Gasteiger partial charge on any atom is -0.480 e. The monoisotopic (exact) mass is 198 g/mol. The van der Waals surface area contributed by atoms with Gasteiger partial charge in [0.15, 0.2) is 0 Å². The largest absolute Gasteiger partial charge is 0.480 e. The van der Waals surface area contributed by atoms with Crippen LogP contribution in [0.2, 0.25) is 0 Å². The number of hydrogen-bond donors (Lipinski definition) is 2. The van der Waals surface area contributed by atoms with Crippen LogP contribution in [0.1, 0.15) is 13.3 Å². The van der Waals surface area contributed by atoms with E-state index in [4.69, 9.17) is 5.11 Å². The van der Waals surface area contributed by atoms with Gasteiger partial charge in [0.05, 0.1) is 12.7 Å². The number of carbonyl (C=O) groups is 1. The summed E-state index contributed by atoms with van der Waals surface area (Å²) in [5, 5.41) is 19.1. The molecule has 0 saturated carbocycles. The Kier molecular flexibility index (Phi) is 4.06. The standard InChI is InChI=1S/C8H14N4O2/c1-2-7(8(13)14)9-3-5-12-6-4-10-11-12/h4,6-7,9H,2-3,5H2,1H3,(H,13,14). The van der Waals surface area contributed by atoms with Crippen molar-refractivity contribution < 1.29 is 9.90 Å². The summed E-state index contributed by atoms with van der Waals surface area (Å²) in [6.07, 6.45) is 3.91. The van der Waals surface area contributed by atoms with Crippen LogP contribution in [-0.4, -0.2) is 38.7 Å². The van der Waals surface area contributed by atoms with E-state index in [0.29, 0.717) is 19.5 Å². The molecule has 6 nitrogen and oxygen atoms in total. The van der Waals surface area contributed by atoms with Gasteiger partial charge >= 0.3 is 5.97 Å². The summed E-state index contributed by atoms with van der Waals surface area (Å²) in [5.74, 6) is -0.814. The molecule has 0 aliphatic heterocycles. The average molecular weight is 198 g/mol. The second-order valence-corrected chi connectivity index (χ2v) is 2.92. The first-order valence-electron chi connectivity index (χ1n) is 4.54. The second-order valence-electron chi connectivity index (χ2n) is 2.92. The van der Waals surface area contributed by atoms with Gasteiger partial charge in [-0.05, 0) is 6.42 Å². The molecule has 0 spiro atoms. The molecule has 78 valence electrons. The van der Waals surface area contributed by atoms with E-state index < -0.39 is 12.0 Å². The Balaban J connectivity index is 2.23. The molecule has 0 aliphatic carbocycles. The SMILES string of the molecule is CCC(NCCn1ccnn1)C(=O)O. The van der Waals surface area contributed by atoms with Gasteiger partial charge in [0.2, 0.25) is 0 Å². The first-order chi connectivity index (χ1) is 6.74. The maximum atomic E-state index is 10.6. The van der Waals surface area contributed by atoms with Crippen LogP contribution in [0.5, 0.6) is 0 Å². The Hall–Kier alpha value is -1.43. The highest BCUT2D eigenvalue weighted by Crippen LogP contribution is 1.90. The van der Waals surface area contributed by atoms with E-state index >= 15 is 0 Å². The van der Waals surface area contributed by atoms with E-state index in [0.717, 1.165) is 0 Å². The number of aromatic nitrogens is 3. The molecule has 1 aromatic heterocycles. The van der Waals surface area contributed by atoms with Crippen LogP contribution in [0.15, 0.2) is 12.4 Å². The molecule has 6 heteroatoms. The molecular weight excluding hydrogens is 184 g/mol. The van der Waals surface area contributed by atoms with Crippen molar-refractivity contribution in [2.75, 3.05) is 6.54 Å². The molecular formula is C8H14N4O2. The van der Waals surface area contributed by atoms with Gasteiger partial charge in [-0.25, -0.2) is 0 Å². The van der Waals surface area contributed by atoms with E-state index in [1.807, 2.05) is 6.92 Å². The highest BCUT2D eigenvalue weighted by atomic mass is 16.4. The highest BCUT2D eigenvalue weighted by molar-refractivity contribution is 5.73. The van der Waals surface area contributed by atoms with Gasteiger partial charge in [-0.1, -0.05) is 12.1 Å². The highest BCUT2D eigenvalue weighted by Gasteiger charge is 2.12. The van der Waals surface area contributed by atoms with Crippen molar-refractivity contribution in [2.24, 2.45) is 0 Å². The molecule has 1 aromatic rings. The molecule has 0 saturated heterocycles. The van der Waals surface area contributed by atoms with Gasteiger partial charge in [-0.2, -0.15) is 0 Å². The Bertz CT molecular complexity index is 273. The maximum absolute atomic E-state index is 10.6. The van der Waals surface area contributed by atoms with E-state index in [-0.39, 0.29) is 0 Å². The van der Waals surface area contributed by atoms with Gasteiger partial charge in [0.1, 0.15) is 6.04 Å². The predicted molar refractivity (Wildman–Crippen MR) is 49.7 cm³/mol. The smallest absolute Gasteiger partial charge is 0.320 e. The van der Waals surface area contributed by atoms with Crippen molar-refractivity contribution >= 4 is 5.97 Å². The van der Waals surface area contributed by atoms with E-state index in [2.05, 4.69) is 15.6 Å². The van der Waals surface area contributed by atoms with Crippen LogP contribution >= 0.6 is 0 Å². The third-order valence-electron chi connectivity index (χ3n) is 1.91. The molecule has 0 radical (unpaired) electrons. The third kappa shape index (κ3) is 3.14. The first kappa shape index (κ1) is 10.6. The normalized spacial score (nSPS) is 12.6. The lowest BCUT2D eigenvalue weighted by atomic mass is 10.2. The van der Waals surface area contributed by atoms with Crippen molar-refractivity contribution in [3.63, 3.8) is 0 Å². The third-order valence-corrected chi connectivity index (χ3v) is 1.91. The maximum Gasteiger partial charge on any atom is 0.320 e. The fourth-order valence-corrected chi connectivity index (χ4v) is 1.11. The van der Waals surface area contributed by atoms with Crippen molar-refractivity contribution in [1.82, 2.24) is 20.3 Å². The van der Waals surface area contributed by atoms with Crippen molar-refractivity contribution in [3.05, 3.63) is 12.4 Å². The lowest BCUT2D eigenvalue weighted by Gasteiger charge is -2.11. The molecule has 0 aliphatic rings. The van der Waals surface area contributed by atoms with Crippen molar-refractivity contribution in [3.8, 4) is 0 Å². The summed E-state index contributed by atoms with van der Waals surface area (Å²) < 4.78 is 1.65. The minimum absolute atomic E-state index is 0.474. The van der Waals surface area contributed by atoms with Crippen molar-refractivity contribution in [2.45, 2.75) is 25.9 Å². The Morgan fingerprint density at radius 2 is 2.50 bits per heavy atom. The molecule has 1 atom stereocenters. The lowest BCUT2D eigenvalue weighted by molar-refractivity contribution is -0.139. The zero-order chi connectivity index (χ0) is 10.4. The average Bonchev–Trinajstić information content (AvgIpc) is 2.64. The number of carboxylic acids is 1. The molecule has 1 heterocycles. The first-order valence-corrected chi connectivity index (χ1v) is 4.54. The topological polar surface area (TPSA) is 80.0 Å². The lowest BCUT2D eigenvalue weighted by Crippen LogP contribution is -2.37. The van der Waals surface area contributed by atoms with Crippen LogP contribution in [0, 0.1) is 0 Å². The van der Waals surface area contributed by atoms with E-state index in [9.17, 15) is 4.79 Å². The summed E-state index contributed by atoms with van der Waals surface area (Å²) in [7, 11) is 0. The van der Waals surface area contributed by atoms with Gasteiger partial charge < -0.3 is 10.4 Å². The fraction of sp³-hybridized carbons (Fsp3) is 0.625. The van der Waals surface area contributed by atoms with Crippen LogP contribution < -0.4 is 5.32 Å². The fourth-order valence-electron chi connectivity index (χ4n) is 1.11. The van der Waals surface area contributed by atoms with Crippen LogP contribution in [-0.2, 0) is 11.3 Å². The van der Waals surface area contributed by atoms with Gasteiger partial charge in [0, 0.05) is 12.7 Å². The van der Waals surface area contributed by atoms with E-state index in [1.54, 1.807) is 17.1 Å². The molecule has 0 bridgehead atoms. The van der Waals surface area contributed by atoms with Crippen LogP contribution in [0.4, 0.5) is 0 Å². The van der Waals surface area contributed by atoms with Crippen LogP contribution in [0.3, 0.4) is 0 Å². The minimum atomic E-state index is -0.814. The van der Waals surface area contributed by atoms with Gasteiger partial charge in [-0.15, -0.1) is 5.10 Å².